The Labute approximate surface area is 96.3 Å². The molecule has 0 aromatic heterocycles. The lowest BCUT2D eigenvalue weighted by atomic mass is 10.3. The molecule has 0 saturated heterocycles. The van der Waals surface area contributed by atoms with Crippen LogP contribution in [0.4, 0.5) is 10.1 Å². The Morgan fingerprint density at radius 3 is 2.75 bits per heavy atom. The van der Waals surface area contributed by atoms with Crippen molar-refractivity contribution >= 4 is 29.2 Å². The van der Waals surface area contributed by atoms with Crippen LogP contribution in [0.3, 0.4) is 0 Å². The van der Waals surface area contributed by atoms with Crippen LogP contribution >= 0.6 is 11.6 Å². The van der Waals surface area contributed by atoms with E-state index in [1.54, 1.807) is 6.92 Å². The van der Waals surface area contributed by atoms with Crippen molar-refractivity contribution in [2.45, 2.75) is 6.92 Å². The van der Waals surface area contributed by atoms with Crippen LogP contribution in [0.1, 0.15) is 6.92 Å². The van der Waals surface area contributed by atoms with Gasteiger partial charge in [-0.1, -0.05) is 11.6 Å². The lowest BCUT2D eigenvalue weighted by Gasteiger charge is -2.04. The van der Waals surface area contributed by atoms with Gasteiger partial charge in [0.2, 0.25) is 0 Å². The summed E-state index contributed by atoms with van der Waals surface area (Å²) in [5, 5.41) is 2.09. The van der Waals surface area contributed by atoms with Gasteiger partial charge in [-0.05, 0) is 25.1 Å². The summed E-state index contributed by atoms with van der Waals surface area (Å²) >= 11 is 5.50. The predicted molar refractivity (Wildman–Crippen MR) is 56.7 cm³/mol. The number of carbonyl (C=O) groups excluding carboxylic acids is 2. The molecule has 0 bridgehead atoms. The van der Waals surface area contributed by atoms with Gasteiger partial charge in [0.15, 0.2) is 0 Å². The van der Waals surface area contributed by atoms with Gasteiger partial charge in [0.05, 0.1) is 11.6 Å². The molecular weight excluding hydrogens is 237 g/mol. The molecule has 0 radical (unpaired) electrons. The van der Waals surface area contributed by atoms with E-state index in [2.05, 4.69) is 10.1 Å². The minimum absolute atomic E-state index is 0.108. The Hall–Kier alpha value is -1.62. The first-order chi connectivity index (χ1) is 7.54. The first-order valence-electron chi connectivity index (χ1n) is 4.47. The highest BCUT2D eigenvalue weighted by Gasteiger charge is 2.15. The molecule has 4 nitrogen and oxygen atoms in total. The van der Waals surface area contributed by atoms with Gasteiger partial charge in [-0.3, -0.25) is 4.79 Å². The number of ether oxygens (including phenoxy) is 1. The van der Waals surface area contributed by atoms with E-state index in [9.17, 15) is 14.0 Å². The predicted octanol–water partition coefficient (Wildman–Crippen LogP) is 1.98. The minimum Gasteiger partial charge on any atom is -0.459 e. The van der Waals surface area contributed by atoms with Crippen LogP contribution in [-0.4, -0.2) is 18.5 Å². The summed E-state index contributed by atoms with van der Waals surface area (Å²) in [4.78, 5) is 22.1. The second-order valence-electron chi connectivity index (χ2n) is 2.80. The average Bonchev–Trinajstić information content (AvgIpc) is 2.24. The summed E-state index contributed by atoms with van der Waals surface area (Å²) in [5.74, 6) is -2.52. The van der Waals surface area contributed by atoms with E-state index in [1.165, 1.54) is 12.1 Å². The summed E-state index contributed by atoms with van der Waals surface area (Å²) in [7, 11) is 0. The Morgan fingerprint density at radius 2 is 2.19 bits per heavy atom. The van der Waals surface area contributed by atoms with Gasteiger partial charge in [-0.25, -0.2) is 9.18 Å². The maximum absolute atomic E-state index is 12.8. The van der Waals surface area contributed by atoms with E-state index in [1.807, 2.05) is 0 Å². The van der Waals surface area contributed by atoms with Crippen LogP contribution in [0.2, 0.25) is 5.02 Å². The lowest BCUT2D eigenvalue weighted by Crippen LogP contribution is -2.24. The molecule has 1 rings (SSSR count). The monoisotopic (exact) mass is 245 g/mol. The smallest absolute Gasteiger partial charge is 0.397 e. The quantitative estimate of drug-likeness (QED) is 0.640. The standard InChI is InChI=1S/C10H9ClFNO3/c1-2-16-10(15)9(14)13-6-3-4-8(12)7(11)5-6/h3-5H,2H2,1H3,(H,13,14). The maximum Gasteiger partial charge on any atom is 0.397 e. The van der Waals surface area contributed by atoms with Crippen molar-refractivity contribution in [3.63, 3.8) is 0 Å². The van der Waals surface area contributed by atoms with Crippen molar-refractivity contribution in [2.75, 3.05) is 11.9 Å². The molecule has 86 valence electrons. The number of hydrogen-bond acceptors (Lipinski definition) is 3. The van der Waals surface area contributed by atoms with E-state index in [4.69, 9.17) is 11.6 Å². The summed E-state index contributed by atoms with van der Waals surface area (Å²) in [6, 6.07) is 3.58. The van der Waals surface area contributed by atoms with Crippen molar-refractivity contribution in [3.05, 3.63) is 29.0 Å². The Balaban J connectivity index is 2.70. The number of amides is 1. The van der Waals surface area contributed by atoms with Gasteiger partial charge >= 0.3 is 11.9 Å². The molecule has 1 aromatic carbocycles. The molecule has 0 aliphatic heterocycles. The Bertz CT molecular complexity index is 423. The third-order valence-electron chi connectivity index (χ3n) is 1.64. The van der Waals surface area contributed by atoms with E-state index in [0.717, 1.165) is 6.07 Å². The van der Waals surface area contributed by atoms with Gasteiger partial charge < -0.3 is 10.1 Å². The fourth-order valence-corrected chi connectivity index (χ4v) is 1.13. The Kier molecular flexibility index (Phi) is 4.25. The van der Waals surface area contributed by atoms with Crippen LogP contribution < -0.4 is 5.32 Å². The zero-order valence-corrected chi connectivity index (χ0v) is 9.18. The SMILES string of the molecule is CCOC(=O)C(=O)Nc1ccc(F)c(Cl)c1. The topological polar surface area (TPSA) is 55.4 Å². The number of rotatable bonds is 2. The number of esters is 1. The molecule has 0 aliphatic rings. The number of halogens is 2. The number of nitrogens with one attached hydrogen (secondary N) is 1. The van der Waals surface area contributed by atoms with E-state index in [0.29, 0.717) is 0 Å². The highest BCUT2D eigenvalue weighted by molar-refractivity contribution is 6.37. The average molecular weight is 246 g/mol. The van der Waals surface area contributed by atoms with Crippen LogP contribution in [-0.2, 0) is 14.3 Å². The molecular formula is C10H9ClFNO3. The normalized spacial score (nSPS) is 9.69. The maximum atomic E-state index is 12.8. The van der Waals surface area contributed by atoms with Crippen molar-refractivity contribution < 1.29 is 18.7 Å². The molecule has 1 amide bonds. The Morgan fingerprint density at radius 1 is 1.50 bits per heavy atom. The highest BCUT2D eigenvalue weighted by atomic mass is 35.5. The molecule has 16 heavy (non-hydrogen) atoms. The zero-order valence-electron chi connectivity index (χ0n) is 8.42. The molecule has 6 heteroatoms. The van der Waals surface area contributed by atoms with Crippen LogP contribution in [0.25, 0.3) is 0 Å². The van der Waals surface area contributed by atoms with Gasteiger partial charge in [0.25, 0.3) is 0 Å². The first-order valence-corrected chi connectivity index (χ1v) is 4.85. The summed E-state index contributed by atoms with van der Waals surface area (Å²) in [6.07, 6.45) is 0. The molecule has 1 N–H and O–H groups in total. The van der Waals surface area contributed by atoms with E-state index < -0.39 is 17.7 Å². The second kappa shape index (κ2) is 5.46. The van der Waals surface area contributed by atoms with Gasteiger partial charge in [-0.2, -0.15) is 0 Å². The van der Waals surface area contributed by atoms with Crippen molar-refractivity contribution in [2.24, 2.45) is 0 Å². The fraction of sp³-hybridized carbons (Fsp3) is 0.200. The summed E-state index contributed by atoms with van der Waals surface area (Å²) < 4.78 is 17.3. The van der Waals surface area contributed by atoms with E-state index >= 15 is 0 Å². The van der Waals surface area contributed by atoms with Crippen molar-refractivity contribution in [1.29, 1.82) is 0 Å². The molecule has 0 unspecified atom stereocenters. The molecule has 0 atom stereocenters. The van der Waals surface area contributed by atoms with Crippen molar-refractivity contribution in [1.82, 2.24) is 0 Å². The second-order valence-corrected chi connectivity index (χ2v) is 3.21. The number of benzene rings is 1. The molecule has 0 fully saturated rings. The molecule has 1 aromatic rings. The fourth-order valence-electron chi connectivity index (χ4n) is 0.953. The largest absolute Gasteiger partial charge is 0.459 e. The molecule has 0 spiro atoms. The zero-order chi connectivity index (χ0) is 12.1. The lowest BCUT2D eigenvalue weighted by molar-refractivity contribution is -0.152. The molecule has 0 saturated carbocycles. The summed E-state index contributed by atoms with van der Waals surface area (Å²) in [6.45, 7) is 1.69. The number of anilines is 1. The third kappa shape index (κ3) is 3.20. The number of carbonyl (C=O) groups is 2. The van der Waals surface area contributed by atoms with Crippen LogP contribution in [0.15, 0.2) is 18.2 Å². The van der Waals surface area contributed by atoms with Gasteiger partial charge in [0.1, 0.15) is 5.82 Å². The van der Waals surface area contributed by atoms with Crippen LogP contribution in [0, 0.1) is 5.82 Å². The number of hydrogen-bond donors (Lipinski definition) is 1. The minimum atomic E-state index is -0.997. The third-order valence-corrected chi connectivity index (χ3v) is 1.93. The van der Waals surface area contributed by atoms with Gasteiger partial charge in [-0.15, -0.1) is 0 Å². The van der Waals surface area contributed by atoms with Crippen LogP contribution in [0.5, 0.6) is 0 Å². The van der Waals surface area contributed by atoms with Gasteiger partial charge in [0, 0.05) is 5.69 Å². The van der Waals surface area contributed by atoms with E-state index in [-0.39, 0.29) is 17.3 Å². The highest BCUT2D eigenvalue weighted by Crippen LogP contribution is 2.19. The molecule has 0 aliphatic carbocycles. The molecule has 0 heterocycles. The summed E-state index contributed by atoms with van der Waals surface area (Å²) in [5.41, 5.74) is 0.226. The first kappa shape index (κ1) is 12.4. The van der Waals surface area contributed by atoms with Crippen molar-refractivity contribution in [3.8, 4) is 0 Å².